The maximum Gasteiger partial charge on any atom is 0.242 e. The van der Waals surface area contributed by atoms with E-state index in [2.05, 4.69) is 12.2 Å². The monoisotopic (exact) mass is 380 g/mol. The molecule has 0 unspecified atom stereocenters. The van der Waals surface area contributed by atoms with Crippen LogP contribution in [-0.2, 0) is 22.6 Å². The van der Waals surface area contributed by atoms with E-state index >= 15 is 0 Å². The predicted octanol–water partition coefficient (Wildman–Crippen LogP) is 4.26. The predicted molar refractivity (Wildman–Crippen MR) is 114 cm³/mol. The van der Waals surface area contributed by atoms with E-state index in [4.69, 9.17) is 0 Å². The number of carbonyl (C=O) groups excluding carboxylic acids is 2. The molecule has 0 spiro atoms. The van der Waals surface area contributed by atoms with Crippen molar-refractivity contribution >= 4 is 11.8 Å². The number of hydrogen-bond donors (Lipinski definition) is 1. The Kier molecular flexibility index (Phi) is 8.73. The smallest absolute Gasteiger partial charge is 0.242 e. The van der Waals surface area contributed by atoms with E-state index in [1.165, 1.54) is 0 Å². The van der Waals surface area contributed by atoms with Crippen LogP contribution in [0.3, 0.4) is 0 Å². The van der Waals surface area contributed by atoms with Crippen molar-refractivity contribution < 1.29 is 9.59 Å². The summed E-state index contributed by atoms with van der Waals surface area (Å²) in [6.45, 7) is 7.04. The first kappa shape index (κ1) is 21.7. The zero-order chi connectivity index (χ0) is 20.4. The van der Waals surface area contributed by atoms with Gasteiger partial charge in [0, 0.05) is 19.5 Å². The molecule has 0 aliphatic rings. The van der Waals surface area contributed by atoms with Crippen LogP contribution >= 0.6 is 0 Å². The molecular formula is C24H32N2O2. The number of hydrogen-bond acceptors (Lipinski definition) is 2. The van der Waals surface area contributed by atoms with Crippen molar-refractivity contribution in [1.82, 2.24) is 10.2 Å². The summed E-state index contributed by atoms with van der Waals surface area (Å²) in [4.78, 5) is 27.4. The fourth-order valence-electron chi connectivity index (χ4n) is 3.13. The molecule has 1 atom stereocenters. The van der Waals surface area contributed by atoms with Gasteiger partial charge >= 0.3 is 0 Å². The average molecular weight is 381 g/mol. The van der Waals surface area contributed by atoms with E-state index in [0.29, 0.717) is 25.9 Å². The van der Waals surface area contributed by atoms with Gasteiger partial charge < -0.3 is 10.2 Å². The molecule has 28 heavy (non-hydrogen) atoms. The summed E-state index contributed by atoms with van der Waals surface area (Å²) >= 11 is 0. The molecule has 0 bridgehead atoms. The van der Waals surface area contributed by atoms with Crippen LogP contribution in [0, 0.1) is 6.92 Å². The van der Waals surface area contributed by atoms with Gasteiger partial charge in [0.1, 0.15) is 6.04 Å². The number of rotatable bonds is 10. The van der Waals surface area contributed by atoms with E-state index in [1.807, 2.05) is 68.4 Å². The van der Waals surface area contributed by atoms with Crippen LogP contribution in [0.2, 0.25) is 0 Å². The molecule has 0 fully saturated rings. The van der Waals surface area contributed by atoms with Crippen LogP contribution in [0.4, 0.5) is 0 Å². The number of nitrogens with one attached hydrogen (secondary N) is 1. The number of carbonyl (C=O) groups is 2. The van der Waals surface area contributed by atoms with Crippen molar-refractivity contribution in [3.05, 3.63) is 71.3 Å². The lowest BCUT2D eigenvalue weighted by Gasteiger charge is -2.29. The van der Waals surface area contributed by atoms with Crippen LogP contribution in [0.15, 0.2) is 54.6 Å². The van der Waals surface area contributed by atoms with E-state index in [9.17, 15) is 9.59 Å². The van der Waals surface area contributed by atoms with Crippen molar-refractivity contribution in [3.8, 4) is 0 Å². The highest BCUT2D eigenvalue weighted by atomic mass is 16.2. The standard InChI is InChI=1S/C24H32N2O2/c1-4-5-17-25-24(28)20(3)26(18-22-14-10-9-11-19(22)2)23(27)16-15-21-12-7-6-8-13-21/h6-14,20H,4-5,15-18H2,1-3H3,(H,25,28)/t20-/m1/s1. The van der Waals surface area contributed by atoms with Crippen molar-refractivity contribution in [2.45, 2.75) is 59.0 Å². The maximum atomic E-state index is 13.1. The number of amides is 2. The number of unbranched alkanes of at least 4 members (excludes halogenated alkanes) is 1. The van der Waals surface area contributed by atoms with Gasteiger partial charge in [-0.3, -0.25) is 9.59 Å². The van der Waals surface area contributed by atoms with E-state index in [1.54, 1.807) is 4.90 Å². The van der Waals surface area contributed by atoms with Crippen LogP contribution in [0.1, 0.15) is 49.8 Å². The molecule has 2 aromatic rings. The molecule has 1 N–H and O–H groups in total. The summed E-state index contributed by atoms with van der Waals surface area (Å²) in [5, 5.41) is 2.96. The van der Waals surface area contributed by atoms with E-state index in [0.717, 1.165) is 29.5 Å². The summed E-state index contributed by atoms with van der Waals surface area (Å²) in [7, 11) is 0. The molecule has 2 amide bonds. The third-order valence-corrected chi connectivity index (χ3v) is 5.07. The van der Waals surface area contributed by atoms with Crippen molar-refractivity contribution in [3.63, 3.8) is 0 Å². The van der Waals surface area contributed by atoms with Crippen molar-refractivity contribution in [1.29, 1.82) is 0 Å². The van der Waals surface area contributed by atoms with Gasteiger partial charge in [0.2, 0.25) is 11.8 Å². The SMILES string of the molecule is CCCCNC(=O)[C@@H](C)N(Cc1ccccc1C)C(=O)CCc1ccccc1. The lowest BCUT2D eigenvalue weighted by atomic mass is 10.1. The molecule has 0 aliphatic carbocycles. The van der Waals surface area contributed by atoms with Gasteiger partial charge in [0.15, 0.2) is 0 Å². The van der Waals surface area contributed by atoms with Gasteiger partial charge in [-0.25, -0.2) is 0 Å². The Hall–Kier alpha value is -2.62. The largest absolute Gasteiger partial charge is 0.354 e. The lowest BCUT2D eigenvalue weighted by molar-refractivity contribution is -0.140. The van der Waals surface area contributed by atoms with Crippen LogP contribution in [0.25, 0.3) is 0 Å². The summed E-state index contributed by atoms with van der Waals surface area (Å²) < 4.78 is 0. The fourth-order valence-corrected chi connectivity index (χ4v) is 3.13. The van der Waals surface area contributed by atoms with Crippen molar-refractivity contribution in [2.75, 3.05) is 6.54 Å². The van der Waals surface area contributed by atoms with Gasteiger partial charge in [-0.2, -0.15) is 0 Å². The number of benzene rings is 2. The van der Waals surface area contributed by atoms with Gasteiger partial charge in [-0.05, 0) is 43.4 Å². The Bertz CT molecular complexity index is 758. The number of nitrogens with zero attached hydrogens (tertiary/aromatic N) is 1. The molecule has 150 valence electrons. The van der Waals surface area contributed by atoms with E-state index in [-0.39, 0.29) is 11.8 Å². The zero-order valence-electron chi connectivity index (χ0n) is 17.3. The average Bonchev–Trinajstić information content (AvgIpc) is 2.71. The zero-order valence-corrected chi connectivity index (χ0v) is 17.3. The van der Waals surface area contributed by atoms with Crippen molar-refractivity contribution in [2.24, 2.45) is 0 Å². The second-order valence-electron chi connectivity index (χ2n) is 7.25. The molecule has 0 aliphatic heterocycles. The van der Waals surface area contributed by atoms with E-state index < -0.39 is 6.04 Å². The molecule has 4 nitrogen and oxygen atoms in total. The minimum Gasteiger partial charge on any atom is -0.354 e. The Morgan fingerprint density at radius 1 is 1.04 bits per heavy atom. The summed E-state index contributed by atoms with van der Waals surface area (Å²) in [5.74, 6) is -0.0830. The third kappa shape index (κ3) is 6.52. The summed E-state index contributed by atoms with van der Waals surface area (Å²) in [5.41, 5.74) is 3.33. The Morgan fingerprint density at radius 3 is 2.39 bits per heavy atom. The van der Waals surface area contributed by atoms with Gasteiger partial charge in [-0.1, -0.05) is 67.9 Å². The Morgan fingerprint density at radius 2 is 1.71 bits per heavy atom. The summed E-state index contributed by atoms with van der Waals surface area (Å²) in [6, 6.07) is 17.5. The molecule has 0 aromatic heterocycles. The first-order valence-electron chi connectivity index (χ1n) is 10.2. The highest BCUT2D eigenvalue weighted by Gasteiger charge is 2.26. The first-order valence-corrected chi connectivity index (χ1v) is 10.2. The molecule has 4 heteroatoms. The fraction of sp³-hybridized carbons (Fsp3) is 0.417. The highest BCUT2D eigenvalue weighted by Crippen LogP contribution is 2.15. The second kappa shape index (κ2) is 11.3. The lowest BCUT2D eigenvalue weighted by Crippen LogP contribution is -2.48. The van der Waals surface area contributed by atoms with Crippen LogP contribution < -0.4 is 5.32 Å². The quantitative estimate of drug-likeness (QED) is 0.626. The van der Waals surface area contributed by atoms with Crippen LogP contribution in [-0.4, -0.2) is 29.3 Å². The molecule has 0 radical (unpaired) electrons. The Balaban J connectivity index is 2.11. The molecule has 0 saturated heterocycles. The van der Waals surface area contributed by atoms with Gasteiger partial charge in [-0.15, -0.1) is 0 Å². The number of aryl methyl sites for hydroxylation is 2. The molecule has 0 saturated carbocycles. The molecule has 0 heterocycles. The minimum absolute atomic E-state index is 0.00486. The normalized spacial score (nSPS) is 11.7. The Labute approximate surface area is 169 Å². The molecule has 2 aromatic carbocycles. The van der Waals surface area contributed by atoms with Gasteiger partial charge in [0.25, 0.3) is 0 Å². The highest BCUT2D eigenvalue weighted by molar-refractivity contribution is 5.87. The topological polar surface area (TPSA) is 49.4 Å². The molecule has 2 rings (SSSR count). The first-order chi connectivity index (χ1) is 13.5. The molecular weight excluding hydrogens is 348 g/mol. The maximum absolute atomic E-state index is 13.1. The minimum atomic E-state index is -0.500. The van der Waals surface area contributed by atoms with Gasteiger partial charge in [0.05, 0.1) is 0 Å². The third-order valence-electron chi connectivity index (χ3n) is 5.07. The summed E-state index contributed by atoms with van der Waals surface area (Å²) in [6.07, 6.45) is 3.03. The van der Waals surface area contributed by atoms with Crippen LogP contribution in [0.5, 0.6) is 0 Å². The second-order valence-corrected chi connectivity index (χ2v) is 7.25.